The maximum absolute atomic E-state index is 12.2. The first kappa shape index (κ1) is 15.6. The SMILES string of the molecule is C[C@@H]1CCc2sc(C(=O)N/N=C/c3ccc(O)cc3O)cc2C1. The smallest absolute Gasteiger partial charge is 0.281 e. The van der Waals surface area contributed by atoms with Gasteiger partial charge in [0.2, 0.25) is 0 Å². The fourth-order valence-corrected chi connectivity index (χ4v) is 3.77. The first-order valence-electron chi connectivity index (χ1n) is 7.50. The average Bonchev–Trinajstić information content (AvgIpc) is 2.92. The Morgan fingerprint density at radius 1 is 1.39 bits per heavy atom. The number of aryl methyl sites for hydroxylation is 1. The van der Waals surface area contributed by atoms with E-state index in [9.17, 15) is 15.0 Å². The molecule has 2 aromatic rings. The minimum atomic E-state index is -0.244. The van der Waals surface area contributed by atoms with Crippen LogP contribution in [-0.4, -0.2) is 22.3 Å². The molecule has 0 aliphatic heterocycles. The van der Waals surface area contributed by atoms with E-state index in [2.05, 4.69) is 17.5 Å². The molecule has 3 rings (SSSR count). The van der Waals surface area contributed by atoms with Gasteiger partial charge in [-0.05, 0) is 48.9 Å². The number of amides is 1. The van der Waals surface area contributed by atoms with Crippen molar-refractivity contribution in [1.82, 2.24) is 5.43 Å². The van der Waals surface area contributed by atoms with Gasteiger partial charge in [-0.3, -0.25) is 4.79 Å². The molecule has 0 saturated heterocycles. The summed E-state index contributed by atoms with van der Waals surface area (Å²) >= 11 is 1.53. The largest absolute Gasteiger partial charge is 0.508 e. The summed E-state index contributed by atoms with van der Waals surface area (Å²) in [6.07, 6.45) is 4.60. The standard InChI is InChI=1S/C17H18N2O3S/c1-10-2-5-15-12(6-10)7-16(23-15)17(22)19-18-9-11-3-4-13(20)8-14(11)21/h3-4,7-10,20-21H,2,5-6H2,1H3,(H,19,22)/b18-9+/t10-/m1/s1. The van der Waals surface area contributed by atoms with E-state index in [4.69, 9.17) is 0 Å². The number of thiophene rings is 1. The number of rotatable bonds is 3. The van der Waals surface area contributed by atoms with Crippen molar-refractivity contribution in [1.29, 1.82) is 0 Å². The molecule has 120 valence electrons. The molecular formula is C17H18N2O3S. The summed E-state index contributed by atoms with van der Waals surface area (Å²) in [4.78, 5) is 14.1. The first-order chi connectivity index (χ1) is 11.0. The van der Waals surface area contributed by atoms with Gasteiger partial charge >= 0.3 is 0 Å². The zero-order chi connectivity index (χ0) is 16.4. The van der Waals surface area contributed by atoms with Crippen LogP contribution in [-0.2, 0) is 12.8 Å². The van der Waals surface area contributed by atoms with Crippen LogP contribution in [0.1, 0.15) is 39.0 Å². The minimum Gasteiger partial charge on any atom is -0.508 e. The Hall–Kier alpha value is -2.34. The van der Waals surface area contributed by atoms with Crippen molar-refractivity contribution in [2.45, 2.75) is 26.2 Å². The van der Waals surface area contributed by atoms with Crippen molar-refractivity contribution < 1.29 is 15.0 Å². The van der Waals surface area contributed by atoms with Gasteiger partial charge in [0.15, 0.2) is 0 Å². The van der Waals surface area contributed by atoms with E-state index in [1.165, 1.54) is 52.6 Å². The molecule has 1 amide bonds. The van der Waals surface area contributed by atoms with Gasteiger partial charge < -0.3 is 10.2 Å². The molecule has 1 heterocycles. The number of benzene rings is 1. The molecule has 1 aliphatic carbocycles. The van der Waals surface area contributed by atoms with Crippen LogP contribution in [0, 0.1) is 5.92 Å². The van der Waals surface area contributed by atoms with Crippen LogP contribution >= 0.6 is 11.3 Å². The van der Waals surface area contributed by atoms with E-state index in [1.54, 1.807) is 0 Å². The Labute approximate surface area is 138 Å². The molecule has 1 atom stereocenters. The Balaban J connectivity index is 1.66. The highest BCUT2D eigenvalue weighted by atomic mass is 32.1. The topological polar surface area (TPSA) is 81.9 Å². The maximum Gasteiger partial charge on any atom is 0.281 e. The number of phenols is 2. The summed E-state index contributed by atoms with van der Waals surface area (Å²) in [5.41, 5.74) is 4.17. The van der Waals surface area contributed by atoms with E-state index in [1.807, 2.05) is 6.07 Å². The number of carbonyl (C=O) groups is 1. The number of fused-ring (bicyclic) bond motifs is 1. The van der Waals surface area contributed by atoms with Crippen LogP contribution in [0.2, 0.25) is 0 Å². The molecule has 0 saturated carbocycles. The van der Waals surface area contributed by atoms with Gasteiger partial charge in [0, 0.05) is 16.5 Å². The predicted molar refractivity (Wildman–Crippen MR) is 90.3 cm³/mol. The number of hydrogen-bond acceptors (Lipinski definition) is 5. The van der Waals surface area contributed by atoms with Gasteiger partial charge in [-0.15, -0.1) is 11.3 Å². The maximum atomic E-state index is 12.2. The summed E-state index contributed by atoms with van der Waals surface area (Å²) in [6.45, 7) is 2.23. The molecular weight excluding hydrogens is 312 g/mol. The summed E-state index contributed by atoms with van der Waals surface area (Å²) in [7, 11) is 0. The molecule has 0 unspecified atom stereocenters. The quantitative estimate of drug-likeness (QED) is 0.597. The zero-order valence-corrected chi connectivity index (χ0v) is 13.6. The van der Waals surface area contributed by atoms with Crippen molar-refractivity contribution in [3.05, 3.63) is 45.1 Å². The Morgan fingerprint density at radius 2 is 2.22 bits per heavy atom. The lowest BCUT2D eigenvalue weighted by Gasteiger charge is -2.16. The third kappa shape index (κ3) is 3.53. The zero-order valence-electron chi connectivity index (χ0n) is 12.7. The van der Waals surface area contributed by atoms with Gasteiger partial charge in [-0.25, -0.2) is 5.43 Å². The number of phenolic OH excluding ortho intramolecular Hbond substituents is 2. The van der Waals surface area contributed by atoms with Crippen LogP contribution in [0.5, 0.6) is 11.5 Å². The van der Waals surface area contributed by atoms with Gasteiger partial charge in [0.1, 0.15) is 11.5 Å². The highest BCUT2D eigenvalue weighted by molar-refractivity contribution is 7.14. The lowest BCUT2D eigenvalue weighted by molar-refractivity contribution is 0.0959. The molecule has 1 aromatic heterocycles. The van der Waals surface area contributed by atoms with E-state index in [0.29, 0.717) is 16.4 Å². The summed E-state index contributed by atoms with van der Waals surface area (Å²) in [5.74, 6) is 0.306. The second-order valence-corrected chi connectivity index (χ2v) is 6.99. The van der Waals surface area contributed by atoms with Crippen molar-refractivity contribution in [3.8, 4) is 11.5 Å². The molecule has 0 fully saturated rings. The Kier molecular flexibility index (Phi) is 4.34. The van der Waals surface area contributed by atoms with E-state index >= 15 is 0 Å². The first-order valence-corrected chi connectivity index (χ1v) is 8.31. The summed E-state index contributed by atoms with van der Waals surface area (Å²) < 4.78 is 0. The van der Waals surface area contributed by atoms with Gasteiger partial charge in [0.25, 0.3) is 5.91 Å². The van der Waals surface area contributed by atoms with Crippen molar-refractivity contribution in [2.24, 2.45) is 11.0 Å². The third-order valence-corrected chi connectivity index (χ3v) is 5.17. The number of hydrazone groups is 1. The molecule has 6 heteroatoms. The number of carbonyl (C=O) groups excluding carboxylic acids is 1. The average molecular weight is 330 g/mol. The number of hydrogen-bond donors (Lipinski definition) is 3. The monoisotopic (exact) mass is 330 g/mol. The lowest BCUT2D eigenvalue weighted by Crippen LogP contribution is -2.16. The second-order valence-electron chi connectivity index (χ2n) is 5.85. The molecule has 3 N–H and O–H groups in total. The summed E-state index contributed by atoms with van der Waals surface area (Å²) in [5, 5.41) is 22.7. The molecule has 5 nitrogen and oxygen atoms in total. The van der Waals surface area contributed by atoms with Gasteiger partial charge in [0.05, 0.1) is 11.1 Å². The summed E-state index contributed by atoms with van der Waals surface area (Å²) in [6, 6.07) is 6.14. The third-order valence-electron chi connectivity index (χ3n) is 3.94. The Bertz CT molecular complexity index is 767. The van der Waals surface area contributed by atoms with Gasteiger partial charge in [-0.1, -0.05) is 6.92 Å². The van der Waals surface area contributed by atoms with Crippen molar-refractivity contribution in [2.75, 3.05) is 0 Å². The van der Waals surface area contributed by atoms with Crippen LogP contribution in [0.15, 0.2) is 29.4 Å². The highest BCUT2D eigenvalue weighted by Gasteiger charge is 2.20. The molecule has 0 radical (unpaired) electrons. The predicted octanol–water partition coefficient (Wildman–Crippen LogP) is 3.05. The minimum absolute atomic E-state index is 0.0259. The molecule has 1 aromatic carbocycles. The second kappa shape index (κ2) is 6.42. The number of nitrogens with zero attached hydrogens (tertiary/aromatic N) is 1. The molecule has 0 bridgehead atoms. The molecule has 0 spiro atoms. The van der Waals surface area contributed by atoms with E-state index in [0.717, 1.165) is 12.8 Å². The Morgan fingerprint density at radius 3 is 3.00 bits per heavy atom. The fraction of sp³-hybridized carbons (Fsp3) is 0.294. The fourth-order valence-electron chi connectivity index (χ4n) is 2.67. The van der Waals surface area contributed by atoms with Crippen LogP contribution in [0.3, 0.4) is 0 Å². The molecule has 1 aliphatic rings. The van der Waals surface area contributed by atoms with Gasteiger partial charge in [-0.2, -0.15) is 5.10 Å². The van der Waals surface area contributed by atoms with Crippen LogP contribution < -0.4 is 5.43 Å². The van der Waals surface area contributed by atoms with Crippen molar-refractivity contribution in [3.63, 3.8) is 0 Å². The molecule has 23 heavy (non-hydrogen) atoms. The lowest BCUT2D eigenvalue weighted by atomic mass is 9.90. The van der Waals surface area contributed by atoms with Crippen LogP contribution in [0.25, 0.3) is 0 Å². The van der Waals surface area contributed by atoms with Crippen LogP contribution in [0.4, 0.5) is 0 Å². The van der Waals surface area contributed by atoms with Crippen molar-refractivity contribution >= 4 is 23.5 Å². The highest BCUT2D eigenvalue weighted by Crippen LogP contribution is 2.32. The number of aromatic hydroxyl groups is 2. The van der Waals surface area contributed by atoms with E-state index < -0.39 is 0 Å². The van der Waals surface area contributed by atoms with E-state index in [-0.39, 0.29) is 17.4 Å². The number of nitrogens with one attached hydrogen (secondary N) is 1. The normalized spacial score (nSPS) is 17.2.